The van der Waals surface area contributed by atoms with Crippen LogP contribution < -0.4 is 19.5 Å². The standard InChI is InChI=1S/C24H18BrClN4O6/c1-34-18-3-5-19(6-4-18)36-20-12-16(11-17(13-20)30(32)33)27-24(31)22-8-9-29(28-22)14-35-23-7-2-15(26)10-21(23)25/h2-13H,14H2,1H3,(H,27,31). The number of hydrogen-bond donors (Lipinski definition) is 1. The molecule has 0 aliphatic carbocycles. The minimum atomic E-state index is -0.572. The third-order valence-electron chi connectivity index (χ3n) is 4.77. The molecule has 0 spiro atoms. The number of carbonyl (C=O) groups is 1. The van der Waals surface area contributed by atoms with Crippen LogP contribution in [0.4, 0.5) is 11.4 Å². The molecule has 0 aliphatic rings. The number of nitro benzene ring substituents is 1. The molecule has 0 radical (unpaired) electrons. The second kappa shape index (κ2) is 11.1. The van der Waals surface area contributed by atoms with Gasteiger partial charge in [0.15, 0.2) is 12.4 Å². The average molecular weight is 574 g/mol. The van der Waals surface area contributed by atoms with E-state index in [0.29, 0.717) is 26.7 Å². The van der Waals surface area contributed by atoms with Gasteiger partial charge in [0.2, 0.25) is 0 Å². The van der Waals surface area contributed by atoms with Gasteiger partial charge in [-0.25, -0.2) is 4.68 Å². The van der Waals surface area contributed by atoms with Gasteiger partial charge in [0.1, 0.15) is 23.0 Å². The maximum absolute atomic E-state index is 12.7. The van der Waals surface area contributed by atoms with Crippen LogP contribution in [0.5, 0.6) is 23.0 Å². The number of amides is 1. The van der Waals surface area contributed by atoms with Crippen molar-refractivity contribution in [3.63, 3.8) is 0 Å². The highest BCUT2D eigenvalue weighted by Crippen LogP contribution is 2.31. The molecule has 10 nitrogen and oxygen atoms in total. The Morgan fingerprint density at radius 3 is 2.53 bits per heavy atom. The minimum Gasteiger partial charge on any atom is -0.497 e. The van der Waals surface area contributed by atoms with Gasteiger partial charge in [-0.15, -0.1) is 0 Å². The Balaban J connectivity index is 1.45. The number of nitro groups is 1. The second-order valence-electron chi connectivity index (χ2n) is 7.29. The lowest BCUT2D eigenvalue weighted by atomic mass is 10.2. The molecule has 0 unspecified atom stereocenters. The van der Waals surface area contributed by atoms with Crippen molar-refractivity contribution < 1.29 is 23.9 Å². The highest BCUT2D eigenvalue weighted by molar-refractivity contribution is 9.10. The van der Waals surface area contributed by atoms with E-state index in [1.54, 1.807) is 55.8 Å². The van der Waals surface area contributed by atoms with E-state index in [1.807, 2.05) is 0 Å². The van der Waals surface area contributed by atoms with Gasteiger partial charge in [0, 0.05) is 23.4 Å². The van der Waals surface area contributed by atoms with Crippen LogP contribution in [0.1, 0.15) is 10.5 Å². The number of ether oxygens (including phenoxy) is 3. The molecule has 0 aliphatic heterocycles. The highest BCUT2D eigenvalue weighted by atomic mass is 79.9. The third kappa shape index (κ3) is 6.32. The van der Waals surface area contributed by atoms with E-state index in [1.165, 1.54) is 28.9 Å². The summed E-state index contributed by atoms with van der Waals surface area (Å²) in [5.74, 6) is 1.26. The summed E-state index contributed by atoms with van der Waals surface area (Å²) in [6, 6.07) is 17.3. The molecule has 0 atom stereocenters. The van der Waals surface area contributed by atoms with Gasteiger partial charge < -0.3 is 19.5 Å². The molecule has 0 bridgehead atoms. The summed E-state index contributed by atoms with van der Waals surface area (Å²) in [5.41, 5.74) is 0.0234. The van der Waals surface area contributed by atoms with Gasteiger partial charge in [0.05, 0.1) is 28.3 Å². The first-order valence-corrected chi connectivity index (χ1v) is 11.5. The zero-order chi connectivity index (χ0) is 25.7. The maximum Gasteiger partial charge on any atom is 0.276 e. The summed E-state index contributed by atoms with van der Waals surface area (Å²) in [7, 11) is 1.54. The second-order valence-corrected chi connectivity index (χ2v) is 8.58. The Labute approximate surface area is 218 Å². The van der Waals surface area contributed by atoms with E-state index in [0.717, 1.165) is 0 Å². The molecule has 1 heterocycles. The molecule has 0 saturated heterocycles. The summed E-state index contributed by atoms with van der Waals surface area (Å²) in [6.07, 6.45) is 1.57. The van der Waals surface area contributed by atoms with E-state index >= 15 is 0 Å². The number of hydrogen-bond acceptors (Lipinski definition) is 7. The van der Waals surface area contributed by atoms with Crippen LogP contribution in [0.3, 0.4) is 0 Å². The number of halogens is 2. The summed E-state index contributed by atoms with van der Waals surface area (Å²) in [5, 5.41) is 18.8. The number of methoxy groups -OCH3 is 1. The SMILES string of the molecule is COc1ccc(Oc2cc(NC(=O)c3ccn(COc4ccc(Cl)cc4Br)n3)cc([N+](=O)[O-])c2)cc1. The molecule has 1 N–H and O–H groups in total. The van der Waals surface area contributed by atoms with Gasteiger partial charge in [-0.2, -0.15) is 5.10 Å². The topological polar surface area (TPSA) is 118 Å². The van der Waals surface area contributed by atoms with E-state index in [2.05, 4.69) is 26.3 Å². The van der Waals surface area contributed by atoms with Crippen molar-refractivity contribution in [2.45, 2.75) is 6.73 Å². The monoisotopic (exact) mass is 572 g/mol. The first-order chi connectivity index (χ1) is 17.3. The molecule has 0 saturated carbocycles. The lowest BCUT2D eigenvalue weighted by Crippen LogP contribution is -2.14. The fourth-order valence-corrected chi connectivity index (χ4v) is 3.87. The normalized spacial score (nSPS) is 10.5. The molecular formula is C24H18BrClN4O6. The van der Waals surface area contributed by atoms with Crippen LogP contribution >= 0.6 is 27.5 Å². The number of carbonyl (C=O) groups excluding carboxylic acids is 1. The Kier molecular flexibility index (Phi) is 7.71. The fourth-order valence-electron chi connectivity index (χ4n) is 3.08. The molecule has 4 aromatic rings. The Hall–Kier alpha value is -4.09. The number of nitrogens with one attached hydrogen (secondary N) is 1. The van der Waals surface area contributed by atoms with Crippen LogP contribution in [0.25, 0.3) is 0 Å². The van der Waals surface area contributed by atoms with Crippen LogP contribution in [0.2, 0.25) is 5.02 Å². The summed E-state index contributed by atoms with van der Waals surface area (Å²) in [6.45, 7) is 0.0458. The van der Waals surface area contributed by atoms with Crippen LogP contribution in [0.15, 0.2) is 77.4 Å². The van der Waals surface area contributed by atoms with Crippen molar-refractivity contribution in [2.75, 3.05) is 12.4 Å². The number of nitrogens with zero attached hydrogens (tertiary/aromatic N) is 3. The summed E-state index contributed by atoms with van der Waals surface area (Å²) in [4.78, 5) is 23.6. The Morgan fingerprint density at radius 1 is 1.08 bits per heavy atom. The Bertz CT molecular complexity index is 1410. The largest absolute Gasteiger partial charge is 0.497 e. The predicted molar refractivity (Wildman–Crippen MR) is 136 cm³/mol. The van der Waals surface area contributed by atoms with Gasteiger partial charge in [-0.1, -0.05) is 11.6 Å². The maximum atomic E-state index is 12.7. The third-order valence-corrected chi connectivity index (χ3v) is 5.63. The molecule has 4 rings (SSSR count). The average Bonchev–Trinajstić information content (AvgIpc) is 3.33. The fraction of sp³-hybridized carbons (Fsp3) is 0.0833. The number of benzene rings is 3. The smallest absolute Gasteiger partial charge is 0.276 e. The molecule has 1 amide bonds. The molecule has 36 heavy (non-hydrogen) atoms. The first-order valence-electron chi connectivity index (χ1n) is 10.3. The van der Waals surface area contributed by atoms with Crippen LogP contribution in [-0.2, 0) is 6.73 Å². The molecule has 184 valence electrons. The zero-order valence-electron chi connectivity index (χ0n) is 18.7. The van der Waals surface area contributed by atoms with E-state index in [4.69, 9.17) is 25.8 Å². The van der Waals surface area contributed by atoms with Crippen molar-refractivity contribution in [2.24, 2.45) is 0 Å². The lowest BCUT2D eigenvalue weighted by Gasteiger charge is -2.10. The number of non-ortho nitro benzene ring substituents is 1. The highest BCUT2D eigenvalue weighted by Gasteiger charge is 2.16. The minimum absolute atomic E-state index is 0.0458. The number of rotatable bonds is 9. The van der Waals surface area contributed by atoms with Crippen molar-refractivity contribution in [3.05, 3.63) is 98.2 Å². The molecular weight excluding hydrogens is 556 g/mol. The van der Waals surface area contributed by atoms with Gasteiger partial charge in [-0.3, -0.25) is 14.9 Å². The molecule has 1 aromatic heterocycles. The quantitative estimate of drug-likeness (QED) is 0.184. The predicted octanol–water partition coefficient (Wildman–Crippen LogP) is 6.30. The van der Waals surface area contributed by atoms with E-state index in [9.17, 15) is 14.9 Å². The van der Waals surface area contributed by atoms with Crippen LogP contribution in [-0.4, -0.2) is 27.7 Å². The van der Waals surface area contributed by atoms with Crippen molar-refractivity contribution in [1.29, 1.82) is 0 Å². The van der Waals surface area contributed by atoms with Crippen molar-refractivity contribution >= 4 is 44.8 Å². The van der Waals surface area contributed by atoms with Gasteiger partial charge in [0.25, 0.3) is 11.6 Å². The van der Waals surface area contributed by atoms with E-state index < -0.39 is 10.8 Å². The first kappa shape index (κ1) is 25.0. The molecule has 0 fully saturated rings. The van der Waals surface area contributed by atoms with Gasteiger partial charge >= 0.3 is 0 Å². The zero-order valence-corrected chi connectivity index (χ0v) is 21.0. The van der Waals surface area contributed by atoms with Crippen LogP contribution in [0, 0.1) is 10.1 Å². The number of anilines is 1. The molecule has 12 heteroatoms. The lowest BCUT2D eigenvalue weighted by molar-refractivity contribution is -0.384. The van der Waals surface area contributed by atoms with Gasteiger partial charge in [-0.05, 0) is 64.5 Å². The summed E-state index contributed by atoms with van der Waals surface area (Å²) < 4.78 is 18.6. The Morgan fingerprint density at radius 2 is 1.83 bits per heavy atom. The molecule has 3 aromatic carbocycles. The summed E-state index contributed by atoms with van der Waals surface area (Å²) >= 11 is 9.30. The van der Waals surface area contributed by atoms with Crippen molar-refractivity contribution in [1.82, 2.24) is 9.78 Å². The van der Waals surface area contributed by atoms with E-state index in [-0.39, 0.29) is 29.5 Å². The number of aromatic nitrogens is 2. The van der Waals surface area contributed by atoms with Crippen molar-refractivity contribution in [3.8, 4) is 23.0 Å².